The summed E-state index contributed by atoms with van der Waals surface area (Å²) < 4.78 is 26.9. The molecule has 8 heteroatoms. The SMILES string of the molecule is CCCC(CCO)CNS(=O)(=O)c1cc(C)c(C(=O)O)s1. The van der Waals surface area contributed by atoms with E-state index in [0.717, 1.165) is 24.2 Å². The number of sulfonamides is 1. The first-order chi connectivity index (χ1) is 9.81. The van der Waals surface area contributed by atoms with E-state index in [1.165, 1.54) is 6.07 Å². The minimum Gasteiger partial charge on any atom is -0.477 e. The van der Waals surface area contributed by atoms with Crippen LogP contribution >= 0.6 is 11.3 Å². The molecular formula is C13H21NO5S2. The second-order valence-electron chi connectivity index (χ2n) is 4.90. The van der Waals surface area contributed by atoms with Crippen molar-refractivity contribution >= 4 is 27.3 Å². The zero-order valence-electron chi connectivity index (χ0n) is 12.1. The molecule has 1 unspecified atom stereocenters. The molecule has 0 radical (unpaired) electrons. The van der Waals surface area contributed by atoms with Crippen LogP contribution in [0.5, 0.6) is 0 Å². The van der Waals surface area contributed by atoms with Gasteiger partial charge >= 0.3 is 5.97 Å². The van der Waals surface area contributed by atoms with Crippen molar-refractivity contribution < 1.29 is 23.4 Å². The first kappa shape index (κ1) is 18.1. The van der Waals surface area contributed by atoms with Crippen molar-refractivity contribution in [3.63, 3.8) is 0 Å². The van der Waals surface area contributed by atoms with Gasteiger partial charge in [-0.05, 0) is 37.3 Å². The molecule has 1 heterocycles. The van der Waals surface area contributed by atoms with Crippen LogP contribution < -0.4 is 4.72 Å². The molecule has 3 N–H and O–H groups in total. The van der Waals surface area contributed by atoms with Gasteiger partial charge in [0.15, 0.2) is 0 Å². The smallest absolute Gasteiger partial charge is 0.346 e. The molecular weight excluding hydrogens is 314 g/mol. The number of aryl methyl sites for hydroxylation is 1. The Balaban J connectivity index is 2.81. The van der Waals surface area contributed by atoms with Gasteiger partial charge in [-0.2, -0.15) is 0 Å². The van der Waals surface area contributed by atoms with Crippen LogP contribution in [0.15, 0.2) is 10.3 Å². The van der Waals surface area contributed by atoms with E-state index in [1.54, 1.807) is 6.92 Å². The number of aliphatic hydroxyl groups is 1. The average Bonchev–Trinajstić information content (AvgIpc) is 2.80. The number of thiophene rings is 1. The Labute approximate surface area is 128 Å². The van der Waals surface area contributed by atoms with E-state index < -0.39 is 16.0 Å². The number of hydrogen-bond donors (Lipinski definition) is 3. The van der Waals surface area contributed by atoms with Crippen molar-refractivity contribution in [2.45, 2.75) is 37.3 Å². The summed E-state index contributed by atoms with van der Waals surface area (Å²) in [7, 11) is -3.70. The molecule has 120 valence electrons. The summed E-state index contributed by atoms with van der Waals surface area (Å²) in [4.78, 5) is 11.0. The van der Waals surface area contributed by atoms with Crippen LogP contribution in [0.1, 0.15) is 41.4 Å². The highest BCUT2D eigenvalue weighted by Gasteiger charge is 2.22. The average molecular weight is 335 g/mol. The van der Waals surface area contributed by atoms with Crippen molar-refractivity contribution in [3.8, 4) is 0 Å². The largest absolute Gasteiger partial charge is 0.477 e. The lowest BCUT2D eigenvalue weighted by Gasteiger charge is -2.15. The number of carbonyl (C=O) groups is 1. The topological polar surface area (TPSA) is 104 Å². The van der Waals surface area contributed by atoms with Gasteiger partial charge in [-0.15, -0.1) is 11.3 Å². The lowest BCUT2D eigenvalue weighted by atomic mass is 10.0. The molecule has 0 saturated carbocycles. The minimum atomic E-state index is -3.70. The van der Waals surface area contributed by atoms with Crippen LogP contribution in [0.4, 0.5) is 0 Å². The first-order valence-corrected chi connectivity index (χ1v) is 9.06. The van der Waals surface area contributed by atoms with Crippen LogP contribution in [0.2, 0.25) is 0 Å². The monoisotopic (exact) mass is 335 g/mol. The Kier molecular flexibility index (Phi) is 6.79. The molecule has 0 spiro atoms. The molecule has 0 aliphatic heterocycles. The van der Waals surface area contributed by atoms with Gasteiger partial charge in [-0.1, -0.05) is 13.3 Å². The summed E-state index contributed by atoms with van der Waals surface area (Å²) in [6.07, 6.45) is 2.28. The van der Waals surface area contributed by atoms with Gasteiger partial charge < -0.3 is 10.2 Å². The first-order valence-electron chi connectivity index (χ1n) is 6.76. The zero-order valence-corrected chi connectivity index (χ0v) is 13.8. The van der Waals surface area contributed by atoms with Crippen LogP contribution in [0.3, 0.4) is 0 Å². The predicted molar refractivity (Wildman–Crippen MR) is 81.3 cm³/mol. The highest BCUT2D eigenvalue weighted by Crippen LogP contribution is 2.26. The number of carboxylic acids is 1. The van der Waals surface area contributed by atoms with E-state index in [-0.39, 0.29) is 28.2 Å². The molecule has 0 aromatic carbocycles. The number of aromatic carboxylic acids is 1. The van der Waals surface area contributed by atoms with Crippen molar-refractivity contribution in [2.75, 3.05) is 13.2 Å². The maximum absolute atomic E-state index is 12.2. The van der Waals surface area contributed by atoms with Crippen molar-refractivity contribution in [2.24, 2.45) is 5.92 Å². The van der Waals surface area contributed by atoms with Crippen molar-refractivity contribution in [1.82, 2.24) is 4.72 Å². The molecule has 0 saturated heterocycles. The molecule has 0 amide bonds. The van der Waals surface area contributed by atoms with E-state index in [1.807, 2.05) is 6.92 Å². The Morgan fingerprint density at radius 2 is 2.10 bits per heavy atom. The maximum Gasteiger partial charge on any atom is 0.346 e. The van der Waals surface area contributed by atoms with E-state index in [9.17, 15) is 13.2 Å². The van der Waals surface area contributed by atoms with Crippen molar-refractivity contribution in [3.05, 3.63) is 16.5 Å². The lowest BCUT2D eigenvalue weighted by molar-refractivity contribution is 0.0701. The fraction of sp³-hybridized carbons (Fsp3) is 0.615. The third-order valence-electron chi connectivity index (χ3n) is 3.15. The van der Waals surface area contributed by atoms with Gasteiger partial charge in [0, 0.05) is 13.2 Å². The molecule has 6 nitrogen and oxygen atoms in total. The molecule has 0 aliphatic carbocycles. The molecule has 1 aromatic rings. The Hall–Kier alpha value is -0.960. The summed E-state index contributed by atoms with van der Waals surface area (Å²) >= 11 is 0.754. The molecule has 0 bridgehead atoms. The number of carboxylic acid groups (broad SMARTS) is 1. The Morgan fingerprint density at radius 1 is 1.43 bits per heavy atom. The zero-order chi connectivity index (χ0) is 16.0. The fourth-order valence-electron chi connectivity index (χ4n) is 2.04. The maximum atomic E-state index is 12.2. The molecule has 21 heavy (non-hydrogen) atoms. The Morgan fingerprint density at radius 3 is 2.57 bits per heavy atom. The van der Waals surface area contributed by atoms with E-state index in [4.69, 9.17) is 10.2 Å². The summed E-state index contributed by atoms with van der Waals surface area (Å²) in [5.74, 6) is -1.04. The second-order valence-corrected chi connectivity index (χ2v) is 7.95. The fourth-order valence-corrected chi connectivity index (χ4v) is 4.57. The number of nitrogens with one attached hydrogen (secondary N) is 1. The Bertz CT molecular complexity index is 573. The highest BCUT2D eigenvalue weighted by atomic mass is 32.2. The third kappa shape index (κ3) is 5.06. The molecule has 1 atom stereocenters. The summed E-state index contributed by atoms with van der Waals surface area (Å²) in [6, 6.07) is 1.37. The highest BCUT2D eigenvalue weighted by molar-refractivity contribution is 7.91. The van der Waals surface area contributed by atoms with Crippen molar-refractivity contribution in [1.29, 1.82) is 0 Å². The minimum absolute atomic E-state index is 0.0108. The predicted octanol–water partition coefficient (Wildman–Crippen LogP) is 1.83. The van der Waals surface area contributed by atoms with Gasteiger partial charge in [0.25, 0.3) is 0 Å². The van der Waals surface area contributed by atoms with Crippen LogP contribution in [0.25, 0.3) is 0 Å². The summed E-state index contributed by atoms with van der Waals surface area (Å²) in [5, 5.41) is 17.9. The van der Waals surface area contributed by atoms with E-state index >= 15 is 0 Å². The number of aliphatic hydroxyl groups excluding tert-OH is 1. The second kappa shape index (κ2) is 7.88. The lowest BCUT2D eigenvalue weighted by Crippen LogP contribution is -2.29. The summed E-state index contributed by atoms with van der Waals surface area (Å²) in [5.41, 5.74) is 0.438. The van der Waals surface area contributed by atoms with Gasteiger partial charge in [0.05, 0.1) is 0 Å². The molecule has 1 aromatic heterocycles. The number of hydrogen-bond acceptors (Lipinski definition) is 5. The normalized spacial score (nSPS) is 13.3. The summed E-state index contributed by atoms with van der Waals surface area (Å²) in [6.45, 7) is 3.84. The quantitative estimate of drug-likeness (QED) is 0.639. The standard InChI is InChI=1S/C13H21NO5S2/c1-3-4-10(5-6-15)8-14-21(18,19)11-7-9(2)12(20-11)13(16)17/h7,10,14-15H,3-6,8H2,1-2H3,(H,16,17). The van der Waals surface area contributed by atoms with Gasteiger partial charge in [0.2, 0.25) is 10.0 Å². The molecule has 1 rings (SSSR count). The van der Waals surface area contributed by atoms with Crippen LogP contribution in [-0.4, -0.2) is 37.8 Å². The molecule has 0 aliphatic rings. The van der Waals surface area contributed by atoms with Crippen LogP contribution in [0, 0.1) is 12.8 Å². The van der Waals surface area contributed by atoms with Gasteiger partial charge in [-0.25, -0.2) is 17.9 Å². The van der Waals surface area contributed by atoms with Gasteiger partial charge in [-0.3, -0.25) is 0 Å². The van der Waals surface area contributed by atoms with E-state index in [2.05, 4.69) is 4.72 Å². The van der Waals surface area contributed by atoms with Gasteiger partial charge in [0.1, 0.15) is 9.09 Å². The van der Waals surface area contributed by atoms with Crippen LogP contribution in [-0.2, 0) is 10.0 Å². The third-order valence-corrected chi connectivity index (χ3v) is 6.27. The van der Waals surface area contributed by atoms with E-state index in [0.29, 0.717) is 12.0 Å². The number of rotatable bonds is 9. The molecule has 0 fully saturated rings.